The summed E-state index contributed by atoms with van der Waals surface area (Å²) in [6.45, 7) is 0.605. The average molecular weight is 280 g/mol. The molecule has 5 heteroatoms. The highest BCUT2D eigenvalue weighted by atomic mass is 16.1. The number of amides is 1. The van der Waals surface area contributed by atoms with Crippen molar-refractivity contribution < 1.29 is 4.79 Å². The van der Waals surface area contributed by atoms with E-state index in [1.807, 2.05) is 24.4 Å². The second-order valence-corrected chi connectivity index (χ2v) is 4.74. The Balaban J connectivity index is 1.53. The first-order valence-corrected chi connectivity index (χ1v) is 6.82. The van der Waals surface area contributed by atoms with E-state index in [9.17, 15) is 4.79 Å². The molecular weight excluding hydrogens is 264 g/mol. The van der Waals surface area contributed by atoms with Gasteiger partial charge in [0.15, 0.2) is 0 Å². The van der Waals surface area contributed by atoms with Crippen molar-refractivity contribution in [2.75, 3.05) is 6.54 Å². The number of para-hydroxylation sites is 1. The van der Waals surface area contributed by atoms with Crippen molar-refractivity contribution in [3.8, 4) is 0 Å². The Bertz CT molecular complexity index is 756. The third kappa shape index (κ3) is 3.20. The molecule has 3 aromatic rings. The molecule has 106 valence electrons. The van der Waals surface area contributed by atoms with Crippen LogP contribution in [0.3, 0.4) is 0 Å². The lowest BCUT2D eigenvalue weighted by Crippen LogP contribution is -2.23. The summed E-state index contributed by atoms with van der Waals surface area (Å²) < 4.78 is 0. The molecule has 0 saturated heterocycles. The van der Waals surface area contributed by atoms with E-state index in [-0.39, 0.29) is 5.91 Å². The second kappa shape index (κ2) is 6.09. The van der Waals surface area contributed by atoms with Gasteiger partial charge in [-0.05, 0) is 24.1 Å². The first-order chi connectivity index (χ1) is 10.3. The summed E-state index contributed by atoms with van der Waals surface area (Å²) in [5, 5.41) is 4.08. The van der Waals surface area contributed by atoms with Crippen LogP contribution in [0.5, 0.6) is 0 Å². The first-order valence-electron chi connectivity index (χ1n) is 6.82. The number of hydrogen-bond donors (Lipinski definition) is 3. The molecule has 0 spiro atoms. The van der Waals surface area contributed by atoms with E-state index >= 15 is 0 Å². The van der Waals surface area contributed by atoms with Gasteiger partial charge in [-0.3, -0.25) is 4.79 Å². The number of hydrogen-bond acceptors (Lipinski definition) is 2. The fraction of sp³-hybridized carbons (Fsp3) is 0.125. The minimum Gasteiger partial charge on any atom is -0.361 e. The second-order valence-electron chi connectivity index (χ2n) is 4.74. The molecule has 3 rings (SSSR count). The number of imidazole rings is 1. The number of aromatic nitrogens is 3. The molecule has 1 aromatic carbocycles. The number of nitrogens with zero attached hydrogens (tertiary/aromatic N) is 1. The van der Waals surface area contributed by atoms with Crippen LogP contribution >= 0.6 is 0 Å². The fourth-order valence-corrected chi connectivity index (χ4v) is 2.24. The molecule has 0 atom stereocenters. The van der Waals surface area contributed by atoms with Gasteiger partial charge in [-0.25, -0.2) is 4.98 Å². The van der Waals surface area contributed by atoms with E-state index in [2.05, 4.69) is 26.3 Å². The van der Waals surface area contributed by atoms with Crippen LogP contribution in [0.2, 0.25) is 0 Å². The van der Waals surface area contributed by atoms with Gasteiger partial charge < -0.3 is 15.3 Å². The Kier molecular flexibility index (Phi) is 3.82. The Morgan fingerprint density at radius 1 is 1.29 bits per heavy atom. The maximum absolute atomic E-state index is 11.7. The highest BCUT2D eigenvalue weighted by Gasteiger charge is 2.03. The van der Waals surface area contributed by atoms with Crippen LogP contribution < -0.4 is 5.32 Å². The molecule has 1 amide bonds. The quantitative estimate of drug-likeness (QED) is 0.627. The van der Waals surface area contributed by atoms with E-state index in [4.69, 9.17) is 0 Å². The number of benzene rings is 1. The van der Waals surface area contributed by atoms with E-state index in [0.717, 1.165) is 17.6 Å². The zero-order valence-electron chi connectivity index (χ0n) is 11.5. The van der Waals surface area contributed by atoms with Crippen molar-refractivity contribution in [2.45, 2.75) is 6.42 Å². The predicted octanol–water partition coefficient (Wildman–Crippen LogP) is 2.26. The highest BCUT2D eigenvalue weighted by Crippen LogP contribution is 2.17. The fourth-order valence-electron chi connectivity index (χ4n) is 2.24. The molecule has 0 radical (unpaired) electrons. The van der Waals surface area contributed by atoms with Gasteiger partial charge in [-0.15, -0.1) is 0 Å². The van der Waals surface area contributed by atoms with E-state index in [1.54, 1.807) is 18.6 Å². The topological polar surface area (TPSA) is 73.6 Å². The lowest BCUT2D eigenvalue weighted by atomic mass is 10.1. The van der Waals surface area contributed by atoms with Crippen LogP contribution in [0.25, 0.3) is 17.0 Å². The molecule has 0 unspecified atom stereocenters. The minimum absolute atomic E-state index is 0.107. The number of rotatable bonds is 5. The molecule has 2 heterocycles. The maximum Gasteiger partial charge on any atom is 0.244 e. The van der Waals surface area contributed by atoms with Gasteiger partial charge in [0.25, 0.3) is 0 Å². The first kappa shape index (κ1) is 13.2. The normalized spacial score (nSPS) is 11.2. The number of carbonyl (C=O) groups excluding carboxylic acids is 1. The van der Waals surface area contributed by atoms with Crippen LogP contribution in [0.15, 0.2) is 49.1 Å². The van der Waals surface area contributed by atoms with Crippen LogP contribution in [0, 0.1) is 0 Å². The van der Waals surface area contributed by atoms with E-state index in [1.165, 1.54) is 17.0 Å². The third-order valence-electron chi connectivity index (χ3n) is 3.30. The summed E-state index contributed by atoms with van der Waals surface area (Å²) in [7, 11) is 0. The molecule has 0 fully saturated rings. The standard InChI is InChI=1S/C16H16N4O/c21-16(6-5-13-10-17-11-20-13)18-8-7-12-9-19-15-4-2-1-3-14(12)15/h1-6,9-11,19H,7-8H2,(H,17,20)(H,18,21)/b6-5+. The van der Waals surface area contributed by atoms with Crippen LogP contribution in [-0.2, 0) is 11.2 Å². The number of fused-ring (bicyclic) bond motifs is 1. The average Bonchev–Trinajstić information content (AvgIpc) is 3.15. The maximum atomic E-state index is 11.7. The summed E-state index contributed by atoms with van der Waals surface area (Å²) in [5.41, 5.74) is 3.14. The van der Waals surface area contributed by atoms with Crippen molar-refractivity contribution in [3.63, 3.8) is 0 Å². The molecule has 21 heavy (non-hydrogen) atoms. The number of aromatic amines is 2. The van der Waals surface area contributed by atoms with Crippen molar-refractivity contribution in [1.29, 1.82) is 0 Å². The van der Waals surface area contributed by atoms with Crippen LogP contribution in [0.4, 0.5) is 0 Å². The molecule has 0 aliphatic carbocycles. The third-order valence-corrected chi connectivity index (χ3v) is 3.30. The number of carbonyl (C=O) groups is 1. The van der Waals surface area contributed by atoms with E-state index in [0.29, 0.717) is 6.54 Å². The van der Waals surface area contributed by atoms with Crippen molar-refractivity contribution in [2.24, 2.45) is 0 Å². The summed E-state index contributed by atoms with van der Waals surface area (Å²) in [6, 6.07) is 8.15. The van der Waals surface area contributed by atoms with Crippen LogP contribution in [0.1, 0.15) is 11.3 Å². The van der Waals surface area contributed by atoms with Gasteiger partial charge in [0.1, 0.15) is 0 Å². The molecule has 5 nitrogen and oxygen atoms in total. The Morgan fingerprint density at radius 2 is 2.19 bits per heavy atom. The number of nitrogens with one attached hydrogen (secondary N) is 3. The zero-order chi connectivity index (χ0) is 14.5. The monoisotopic (exact) mass is 280 g/mol. The molecular formula is C16H16N4O. The Morgan fingerprint density at radius 3 is 3.05 bits per heavy atom. The summed E-state index contributed by atoms with van der Waals surface area (Å²) in [4.78, 5) is 21.7. The molecule has 0 saturated carbocycles. The zero-order valence-corrected chi connectivity index (χ0v) is 11.5. The van der Waals surface area contributed by atoms with Crippen molar-refractivity contribution in [1.82, 2.24) is 20.3 Å². The van der Waals surface area contributed by atoms with Gasteiger partial charge in [-0.2, -0.15) is 0 Å². The highest BCUT2D eigenvalue weighted by molar-refractivity contribution is 5.91. The molecule has 0 aliphatic rings. The Labute approximate surface area is 122 Å². The van der Waals surface area contributed by atoms with E-state index < -0.39 is 0 Å². The molecule has 3 N–H and O–H groups in total. The molecule has 0 bridgehead atoms. The van der Waals surface area contributed by atoms with Gasteiger partial charge in [0.05, 0.1) is 18.2 Å². The van der Waals surface area contributed by atoms with Gasteiger partial charge in [-0.1, -0.05) is 18.2 Å². The summed E-state index contributed by atoms with van der Waals surface area (Å²) >= 11 is 0. The van der Waals surface area contributed by atoms with Crippen molar-refractivity contribution >= 4 is 22.9 Å². The lowest BCUT2D eigenvalue weighted by Gasteiger charge is -2.01. The largest absolute Gasteiger partial charge is 0.361 e. The Hall–Kier alpha value is -2.82. The lowest BCUT2D eigenvalue weighted by molar-refractivity contribution is -0.116. The van der Waals surface area contributed by atoms with Gasteiger partial charge in [0.2, 0.25) is 5.91 Å². The molecule has 0 aliphatic heterocycles. The van der Waals surface area contributed by atoms with Crippen molar-refractivity contribution in [3.05, 3.63) is 60.3 Å². The minimum atomic E-state index is -0.107. The van der Waals surface area contributed by atoms with Gasteiger partial charge in [0, 0.05) is 29.7 Å². The number of H-pyrrole nitrogens is 2. The predicted molar refractivity (Wildman–Crippen MR) is 82.6 cm³/mol. The summed E-state index contributed by atoms with van der Waals surface area (Å²) in [6.07, 6.45) is 9.24. The molecule has 2 aromatic heterocycles. The SMILES string of the molecule is O=C(/C=C/c1cnc[nH]1)NCCc1c[nH]c2ccccc12. The van der Waals surface area contributed by atoms with Crippen LogP contribution in [-0.4, -0.2) is 27.4 Å². The van der Waals surface area contributed by atoms with Gasteiger partial charge >= 0.3 is 0 Å². The smallest absolute Gasteiger partial charge is 0.244 e. The summed E-state index contributed by atoms with van der Waals surface area (Å²) in [5.74, 6) is -0.107.